The van der Waals surface area contributed by atoms with Gasteiger partial charge < -0.3 is 14.6 Å². The molecule has 0 radical (unpaired) electrons. The van der Waals surface area contributed by atoms with E-state index in [0.29, 0.717) is 23.7 Å². The average molecular weight is 475 g/mol. The minimum Gasteiger partial charge on any atom is -0.462 e. The van der Waals surface area contributed by atoms with Crippen LogP contribution in [0.3, 0.4) is 0 Å². The van der Waals surface area contributed by atoms with Crippen molar-refractivity contribution in [3.63, 3.8) is 0 Å². The Morgan fingerprint density at radius 3 is 2.38 bits per heavy atom. The first-order chi connectivity index (χ1) is 15.8. The lowest BCUT2D eigenvalue weighted by molar-refractivity contribution is -0.263. The Hall–Kier alpha value is -1.10. The van der Waals surface area contributed by atoms with Gasteiger partial charge in [-0.1, -0.05) is 47.5 Å². The van der Waals surface area contributed by atoms with Crippen molar-refractivity contribution >= 4 is 11.9 Å². The number of hydrogen-bond acceptors (Lipinski definition) is 5. The summed E-state index contributed by atoms with van der Waals surface area (Å²) in [6, 6.07) is 0. The summed E-state index contributed by atoms with van der Waals surface area (Å²) in [6.45, 7) is 15.4. The highest BCUT2D eigenvalue weighted by Crippen LogP contribution is 2.74. The SMILES string of the molecule is CC[C@@]1(C)CCC[C@@]2(C)C1CC[C@]1(C)C2C[C@H](OC(C)=O)[C@@]2(C)C1C[C@H](O)C1[C@@H](C)OC(=O)[C@@H]12. The lowest BCUT2D eigenvalue weighted by atomic mass is 9.33. The molecule has 1 N–H and O–H groups in total. The molecular formula is C29H46O5. The lowest BCUT2D eigenvalue weighted by Gasteiger charge is -2.71. The quantitative estimate of drug-likeness (QED) is 0.533. The van der Waals surface area contributed by atoms with Gasteiger partial charge >= 0.3 is 11.9 Å². The van der Waals surface area contributed by atoms with E-state index in [9.17, 15) is 14.7 Å². The first-order valence-electron chi connectivity index (χ1n) is 13.9. The maximum absolute atomic E-state index is 13.3. The van der Waals surface area contributed by atoms with Crippen LogP contribution in [0.4, 0.5) is 0 Å². The molecule has 1 aliphatic heterocycles. The maximum Gasteiger partial charge on any atom is 0.310 e. The molecule has 0 amide bonds. The monoisotopic (exact) mass is 474 g/mol. The molecule has 0 aromatic rings. The Morgan fingerprint density at radius 2 is 1.74 bits per heavy atom. The van der Waals surface area contributed by atoms with Gasteiger partial charge in [0, 0.05) is 18.3 Å². The number of fused-ring (bicyclic) bond motifs is 7. The molecule has 0 bridgehead atoms. The van der Waals surface area contributed by atoms with Crippen LogP contribution in [0.1, 0.15) is 99.8 Å². The van der Waals surface area contributed by atoms with Crippen molar-refractivity contribution in [1.82, 2.24) is 0 Å². The van der Waals surface area contributed by atoms with Crippen LogP contribution in [0.25, 0.3) is 0 Å². The van der Waals surface area contributed by atoms with Gasteiger partial charge in [0.15, 0.2) is 0 Å². The van der Waals surface area contributed by atoms with Crippen LogP contribution >= 0.6 is 0 Å². The molecule has 0 aromatic carbocycles. The molecule has 1 saturated heterocycles. The molecule has 4 unspecified atom stereocenters. The Balaban J connectivity index is 1.63. The third-order valence-electron chi connectivity index (χ3n) is 12.5. The second kappa shape index (κ2) is 7.70. The predicted octanol–water partition coefficient (Wildman–Crippen LogP) is 5.53. The highest BCUT2D eigenvalue weighted by molar-refractivity contribution is 5.77. The van der Waals surface area contributed by atoms with Gasteiger partial charge in [0.25, 0.3) is 0 Å². The molecule has 12 atom stereocenters. The van der Waals surface area contributed by atoms with Gasteiger partial charge in [0.1, 0.15) is 12.2 Å². The second-order valence-corrected chi connectivity index (χ2v) is 13.8. The fraction of sp³-hybridized carbons (Fsp3) is 0.931. The van der Waals surface area contributed by atoms with E-state index in [1.807, 2.05) is 6.92 Å². The summed E-state index contributed by atoms with van der Waals surface area (Å²) >= 11 is 0. The van der Waals surface area contributed by atoms with Crippen molar-refractivity contribution in [3.8, 4) is 0 Å². The molecule has 34 heavy (non-hydrogen) atoms. The van der Waals surface area contributed by atoms with Gasteiger partial charge in [-0.2, -0.15) is 0 Å². The number of carbonyl (C=O) groups excluding carboxylic acids is 2. The van der Waals surface area contributed by atoms with E-state index in [4.69, 9.17) is 9.47 Å². The Bertz CT molecular complexity index is 871. The van der Waals surface area contributed by atoms with E-state index >= 15 is 0 Å². The molecule has 5 fully saturated rings. The normalized spacial score (nSPS) is 56.4. The minimum absolute atomic E-state index is 0.000693. The van der Waals surface area contributed by atoms with E-state index in [1.54, 1.807) is 0 Å². The van der Waals surface area contributed by atoms with Crippen molar-refractivity contribution in [2.75, 3.05) is 0 Å². The molecule has 4 saturated carbocycles. The van der Waals surface area contributed by atoms with E-state index < -0.39 is 17.4 Å². The van der Waals surface area contributed by atoms with Crippen LogP contribution < -0.4 is 0 Å². The number of aliphatic hydroxyl groups excluding tert-OH is 1. The van der Waals surface area contributed by atoms with Crippen molar-refractivity contribution in [3.05, 3.63) is 0 Å². The number of hydrogen-bond donors (Lipinski definition) is 1. The lowest BCUT2D eigenvalue weighted by Crippen LogP contribution is -2.69. The molecule has 4 aliphatic carbocycles. The third kappa shape index (κ3) is 3.00. The first kappa shape index (κ1) is 24.6. The van der Waals surface area contributed by atoms with Crippen molar-refractivity contribution in [2.45, 2.75) is 118 Å². The predicted molar refractivity (Wildman–Crippen MR) is 130 cm³/mol. The topological polar surface area (TPSA) is 72.8 Å². The van der Waals surface area contributed by atoms with E-state index in [-0.39, 0.29) is 46.8 Å². The number of cyclic esters (lactones) is 1. The molecule has 192 valence electrons. The minimum atomic E-state index is -0.559. The summed E-state index contributed by atoms with van der Waals surface area (Å²) in [4.78, 5) is 25.7. The first-order valence-corrected chi connectivity index (χ1v) is 13.9. The second-order valence-electron chi connectivity index (χ2n) is 13.8. The van der Waals surface area contributed by atoms with Crippen LogP contribution in [0.2, 0.25) is 0 Å². The molecule has 5 rings (SSSR count). The highest BCUT2D eigenvalue weighted by atomic mass is 16.6. The van der Waals surface area contributed by atoms with E-state index in [2.05, 4.69) is 34.6 Å². The van der Waals surface area contributed by atoms with Gasteiger partial charge in [0.05, 0.1) is 12.0 Å². The van der Waals surface area contributed by atoms with Gasteiger partial charge in [-0.25, -0.2) is 0 Å². The van der Waals surface area contributed by atoms with E-state index in [0.717, 1.165) is 12.8 Å². The molecule has 0 spiro atoms. The number of ether oxygens (including phenoxy) is 2. The summed E-state index contributed by atoms with van der Waals surface area (Å²) in [7, 11) is 0. The zero-order chi connectivity index (χ0) is 24.8. The average Bonchev–Trinajstić information content (AvgIpc) is 3.06. The van der Waals surface area contributed by atoms with Gasteiger partial charge in [-0.3, -0.25) is 9.59 Å². The van der Waals surface area contributed by atoms with Crippen LogP contribution in [0.5, 0.6) is 0 Å². The molecule has 5 nitrogen and oxygen atoms in total. The molecule has 5 aliphatic rings. The van der Waals surface area contributed by atoms with Crippen molar-refractivity contribution in [2.24, 2.45) is 51.2 Å². The van der Waals surface area contributed by atoms with E-state index in [1.165, 1.54) is 39.0 Å². The summed E-state index contributed by atoms with van der Waals surface area (Å²) in [6.07, 6.45) is 7.60. The Kier molecular flexibility index (Phi) is 5.57. The van der Waals surface area contributed by atoms with Crippen molar-refractivity contribution < 1.29 is 24.2 Å². The number of esters is 2. The fourth-order valence-electron chi connectivity index (χ4n) is 11.0. The maximum atomic E-state index is 13.3. The smallest absolute Gasteiger partial charge is 0.310 e. The van der Waals surface area contributed by atoms with Gasteiger partial charge in [-0.05, 0) is 79.4 Å². The molecule has 5 heteroatoms. The summed E-state index contributed by atoms with van der Waals surface area (Å²) < 4.78 is 11.9. The largest absolute Gasteiger partial charge is 0.462 e. The van der Waals surface area contributed by atoms with Gasteiger partial charge in [0.2, 0.25) is 0 Å². The molecule has 1 heterocycles. The van der Waals surface area contributed by atoms with Crippen molar-refractivity contribution in [1.29, 1.82) is 0 Å². The summed E-state index contributed by atoms with van der Waals surface area (Å²) in [5.74, 6) is 0.0648. The highest BCUT2D eigenvalue weighted by Gasteiger charge is 2.73. The molecular weight excluding hydrogens is 428 g/mol. The Morgan fingerprint density at radius 1 is 1.06 bits per heavy atom. The summed E-state index contributed by atoms with van der Waals surface area (Å²) in [5.41, 5.74) is 0.0180. The zero-order valence-electron chi connectivity index (χ0n) is 22.4. The number of rotatable bonds is 2. The van der Waals surface area contributed by atoms with Crippen LogP contribution in [0.15, 0.2) is 0 Å². The number of aliphatic hydroxyl groups is 1. The fourth-order valence-corrected chi connectivity index (χ4v) is 11.0. The number of carbonyl (C=O) groups is 2. The van der Waals surface area contributed by atoms with Crippen LogP contribution in [-0.2, 0) is 19.1 Å². The standard InChI is InChI=1S/C29H46O5/c1-8-26(4)11-9-12-27(5)19(26)10-13-28(6)20(27)15-22(34-17(3)30)29(7)21(28)14-18(31)23-16(2)33-25(32)24(23)29/h16,18-24,31H,8-15H2,1-7H3/t16-,18+,19?,20?,21?,22+,23?,24-,26+,27+,28-,29-/m1/s1. The molecule has 0 aromatic heterocycles. The van der Waals surface area contributed by atoms with Crippen LogP contribution in [0, 0.1) is 51.2 Å². The third-order valence-corrected chi connectivity index (χ3v) is 12.5. The van der Waals surface area contributed by atoms with Gasteiger partial charge in [-0.15, -0.1) is 0 Å². The zero-order valence-corrected chi connectivity index (χ0v) is 22.4. The Labute approximate surface area is 205 Å². The summed E-state index contributed by atoms with van der Waals surface area (Å²) in [5, 5.41) is 11.4. The van der Waals surface area contributed by atoms with Crippen LogP contribution in [-0.4, -0.2) is 35.4 Å².